The third kappa shape index (κ3) is 4.37. The number of hydrogen-bond acceptors (Lipinski definition) is 4. The molecule has 27 heavy (non-hydrogen) atoms. The summed E-state index contributed by atoms with van der Waals surface area (Å²) in [7, 11) is -2.56. The Labute approximate surface area is 158 Å². The van der Waals surface area contributed by atoms with Gasteiger partial charge in [0.1, 0.15) is 10.6 Å². The minimum Gasteiger partial charge on any atom is -0.356 e. The van der Waals surface area contributed by atoms with Crippen LogP contribution < -0.4 is 5.32 Å². The van der Waals surface area contributed by atoms with E-state index in [4.69, 9.17) is 0 Å². The first-order chi connectivity index (χ1) is 12.9. The molecule has 0 unspecified atom stereocenters. The molecule has 1 aromatic heterocycles. The summed E-state index contributed by atoms with van der Waals surface area (Å²) in [6.45, 7) is 1.02. The van der Waals surface area contributed by atoms with E-state index in [0.717, 1.165) is 17.1 Å². The van der Waals surface area contributed by atoms with Gasteiger partial charge in [-0.1, -0.05) is 18.2 Å². The number of aromatic amines is 1. The van der Waals surface area contributed by atoms with Crippen molar-refractivity contribution in [2.75, 3.05) is 32.0 Å². The van der Waals surface area contributed by atoms with Crippen LogP contribution in [0.25, 0.3) is 0 Å². The molecule has 0 atom stereocenters. The van der Waals surface area contributed by atoms with Gasteiger partial charge in [-0.2, -0.15) is 4.31 Å². The van der Waals surface area contributed by atoms with Crippen molar-refractivity contribution in [3.8, 4) is 0 Å². The Morgan fingerprint density at radius 1 is 1.19 bits per heavy atom. The fourth-order valence-electron chi connectivity index (χ4n) is 2.93. The van der Waals surface area contributed by atoms with Gasteiger partial charge in [-0.3, -0.25) is 9.59 Å². The van der Waals surface area contributed by atoms with Gasteiger partial charge in [0, 0.05) is 32.0 Å². The minimum atomic E-state index is -3.89. The Bertz CT molecular complexity index is 918. The minimum absolute atomic E-state index is 0.0416. The monoisotopic (exact) mass is 390 g/mol. The van der Waals surface area contributed by atoms with Gasteiger partial charge in [-0.05, 0) is 31.0 Å². The molecule has 2 N–H and O–H groups in total. The van der Waals surface area contributed by atoms with Crippen molar-refractivity contribution in [1.82, 2.24) is 14.2 Å². The lowest BCUT2D eigenvalue weighted by atomic mass is 10.3. The second-order valence-corrected chi connectivity index (χ2v) is 8.47. The highest BCUT2D eigenvalue weighted by atomic mass is 32.2. The first-order valence-electron chi connectivity index (χ1n) is 8.67. The van der Waals surface area contributed by atoms with E-state index < -0.39 is 15.9 Å². The zero-order valence-corrected chi connectivity index (χ0v) is 15.8. The molecule has 0 bridgehead atoms. The van der Waals surface area contributed by atoms with Gasteiger partial charge in [0.15, 0.2) is 0 Å². The number of amides is 2. The van der Waals surface area contributed by atoms with Crippen molar-refractivity contribution in [2.45, 2.75) is 17.7 Å². The highest BCUT2D eigenvalue weighted by Crippen LogP contribution is 2.18. The van der Waals surface area contributed by atoms with Crippen molar-refractivity contribution in [1.29, 1.82) is 0 Å². The molecule has 2 aromatic rings. The van der Waals surface area contributed by atoms with Gasteiger partial charge in [-0.25, -0.2) is 8.42 Å². The molecule has 0 saturated carbocycles. The lowest BCUT2D eigenvalue weighted by molar-refractivity contribution is -0.116. The highest BCUT2D eigenvalue weighted by molar-refractivity contribution is 7.89. The smallest absolute Gasteiger partial charge is 0.270 e. The number of rotatable bonds is 6. The molecule has 9 heteroatoms. The number of H-pyrrole nitrogens is 1. The first-order valence-corrected chi connectivity index (χ1v) is 10.1. The Kier molecular flexibility index (Phi) is 5.62. The predicted molar refractivity (Wildman–Crippen MR) is 101 cm³/mol. The zero-order valence-electron chi connectivity index (χ0n) is 15.0. The third-order valence-electron chi connectivity index (χ3n) is 4.41. The number of likely N-dealkylation sites (tertiary alicyclic amines) is 1. The van der Waals surface area contributed by atoms with E-state index in [9.17, 15) is 18.0 Å². The number of nitrogens with one attached hydrogen (secondary N) is 2. The molecule has 0 aliphatic carbocycles. The van der Waals surface area contributed by atoms with Crippen molar-refractivity contribution in [3.05, 3.63) is 48.3 Å². The Balaban J connectivity index is 1.66. The van der Waals surface area contributed by atoms with Gasteiger partial charge in [0.05, 0.1) is 6.54 Å². The van der Waals surface area contributed by atoms with Crippen molar-refractivity contribution >= 4 is 27.5 Å². The van der Waals surface area contributed by atoms with Gasteiger partial charge in [-0.15, -0.1) is 0 Å². The number of anilines is 1. The summed E-state index contributed by atoms with van der Waals surface area (Å²) >= 11 is 0. The van der Waals surface area contributed by atoms with Crippen LogP contribution in [0, 0.1) is 0 Å². The molecule has 1 aliphatic rings. The molecule has 2 heterocycles. The van der Waals surface area contributed by atoms with Crippen LogP contribution in [0.15, 0.2) is 47.5 Å². The summed E-state index contributed by atoms with van der Waals surface area (Å²) in [6, 6.07) is 10.1. The zero-order chi connectivity index (χ0) is 19.4. The van der Waals surface area contributed by atoms with E-state index in [1.54, 1.807) is 29.2 Å². The standard InChI is InChI=1S/C18H22N4O4S/c1-21(13-17(23)20-14-7-3-2-4-8-14)27(25,26)15-11-16(19-12-15)18(24)22-9-5-6-10-22/h2-4,7-8,11-12,19H,5-6,9-10,13H2,1H3,(H,20,23). The molecule has 1 fully saturated rings. The van der Waals surface area contributed by atoms with E-state index in [2.05, 4.69) is 10.3 Å². The normalized spacial score (nSPS) is 14.5. The molecule has 1 aliphatic heterocycles. The SMILES string of the molecule is CN(CC(=O)Nc1ccccc1)S(=O)(=O)c1c[nH]c(C(=O)N2CCCC2)c1. The van der Waals surface area contributed by atoms with Crippen LogP contribution in [0.3, 0.4) is 0 Å². The maximum atomic E-state index is 12.7. The number of likely N-dealkylation sites (N-methyl/N-ethyl adjacent to an activating group) is 1. The highest BCUT2D eigenvalue weighted by Gasteiger charge is 2.27. The van der Waals surface area contributed by atoms with Crippen LogP contribution in [-0.2, 0) is 14.8 Å². The number of benzene rings is 1. The van der Waals surface area contributed by atoms with E-state index in [1.165, 1.54) is 19.3 Å². The summed E-state index contributed by atoms with van der Waals surface area (Å²) in [5.41, 5.74) is 0.825. The molecular weight excluding hydrogens is 368 g/mol. The molecule has 1 aromatic carbocycles. The van der Waals surface area contributed by atoms with Crippen LogP contribution in [0.4, 0.5) is 5.69 Å². The van der Waals surface area contributed by atoms with Crippen molar-refractivity contribution < 1.29 is 18.0 Å². The van der Waals surface area contributed by atoms with Crippen LogP contribution in [0.2, 0.25) is 0 Å². The quantitative estimate of drug-likeness (QED) is 0.780. The van der Waals surface area contributed by atoms with Gasteiger partial charge < -0.3 is 15.2 Å². The number of aromatic nitrogens is 1. The Hall–Kier alpha value is -2.65. The molecule has 8 nitrogen and oxygen atoms in total. The fraction of sp³-hybridized carbons (Fsp3) is 0.333. The average molecular weight is 390 g/mol. The topological polar surface area (TPSA) is 103 Å². The number of hydrogen-bond donors (Lipinski definition) is 2. The second kappa shape index (κ2) is 7.93. The van der Waals surface area contributed by atoms with Crippen molar-refractivity contribution in [3.63, 3.8) is 0 Å². The van der Waals surface area contributed by atoms with E-state index in [-0.39, 0.29) is 23.0 Å². The largest absolute Gasteiger partial charge is 0.356 e. The van der Waals surface area contributed by atoms with Crippen molar-refractivity contribution in [2.24, 2.45) is 0 Å². The third-order valence-corrected chi connectivity index (χ3v) is 6.19. The van der Waals surface area contributed by atoms with Crippen LogP contribution >= 0.6 is 0 Å². The van der Waals surface area contributed by atoms with Gasteiger partial charge in [0.2, 0.25) is 15.9 Å². The molecule has 144 valence electrons. The lowest BCUT2D eigenvalue weighted by Gasteiger charge is -2.16. The maximum absolute atomic E-state index is 12.7. The number of sulfonamides is 1. The molecular formula is C18H22N4O4S. The maximum Gasteiger partial charge on any atom is 0.270 e. The second-order valence-electron chi connectivity index (χ2n) is 6.42. The predicted octanol–water partition coefficient (Wildman–Crippen LogP) is 1.51. The molecule has 2 amide bonds. The van der Waals surface area contributed by atoms with Gasteiger partial charge >= 0.3 is 0 Å². The molecule has 0 radical (unpaired) electrons. The lowest BCUT2D eigenvalue weighted by Crippen LogP contribution is -2.34. The number of carbonyl (C=O) groups excluding carboxylic acids is 2. The molecule has 0 spiro atoms. The molecule has 1 saturated heterocycles. The number of nitrogens with zero attached hydrogens (tertiary/aromatic N) is 2. The Morgan fingerprint density at radius 2 is 1.85 bits per heavy atom. The first kappa shape index (κ1) is 19.1. The number of carbonyl (C=O) groups is 2. The van der Waals surface area contributed by atoms with E-state index >= 15 is 0 Å². The van der Waals surface area contributed by atoms with Crippen LogP contribution in [0.5, 0.6) is 0 Å². The summed E-state index contributed by atoms with van der Waals surface area (Å²) in [4.78, 5) is 28.9. The van der Waals surface area contributed by atoms with Gasteiger partial charge in [0.25, 0.3) is 5.91 Å². The fourth-order valence-corrected chi connectivity index (χ4v) is 4.05. The van der Waals surface area contributed by atoms with Crippen LogP contribution in [-0.4, -0.2) is 61.1 Å². The summed E-state index contributed by atoms with van der Waals surface area (Å²) < 4.78 is 26.3. The molecule has 3 rings (SSSR count). The average Bonchev–Trinajstić information content (AvgIpc) is 3.34. The van der Waals surface area contributed by atoms with E-state index in [0.29, 0.717) is 18.8 Å². The number of para-hydroxylation sites is 1. The summed E-state index contributed by atoms with van der Waals surface area (Å²) in [5.74, 6) is -0.658. The van der Waals surface area contributed by atoms with E-state index in [1.807, 2.05) is 6.07 Å². The summed E-state index contributed by atoms with van der Waals surface area (Å²) in [6.07, 6.45) is 3.19. The Morgan fingerprint density at radius 3 is 2.52 bits per heavy atom. The summed E-state index contributed by atoms with van der Waals surface area (Å²) in [5, 5.41) is 2.64. The van der Waals surface area contributed by atoms with Crippen LogP contribution in [0.1, 0.15) is 23.3 Å².